The SMILES string of the molecule is CCNC(=O)NS(=O)(=O)c1cc(N)c(Br)cc1OC. The molecule has 0 fully saturated rings. The lowest BCUT2D eigenvalue weighted by Crippen LogP contribution is -2.39. The Hall–Kier alpha value is -1.48. The summed E-state index contributed by atoms with van der Waals surface area (Å²) in [5, 5.41) is 2.32. The molecule has 0 heterocycles. The Balaban J connectivity index is 3.21. The van der Waals surface area contributed by atoms with Crippen molar-refractivity contribution in [2.75, 3.05) is 19.4 Å². The van der Waals surface area contributed by atoms with Crippen LogP contribution in [0.2, 0.25) is 0 Å². The number of amides is 2. The maximum atomic E-state index is 12.0. The Morgan fingerprint density at radius 2 is 2.11 bits per heavy atom. The van der Waals surface area contributed by atoms with Crippen molar-refractivity contribution in [3.05, 3.63) is 16.6 Å². The number of hydrogen-bond donors (Lipinski definition) is 3. The number of urea groups is 1. The lowest BCUT2D eigenvalue weighted by atomic mass is 10.3. The molecule has 0 spiro atoms. The Morgan fingerprint density at radius 1 is 1.47 bits per heavy atom. The molecule has 1 aromatic rings. The highest BCUT2D eigenvalue weighted by Crippen LogP contribution is 2.32. The molecular weight excluding hydrogens is 338 g/mol. The van der Waals surface area contributed by atoms with E-state index >= 15 is 0 Å². The van der Waals surface area contributed by atoms with E-state index in [4.69, 9.17) is 10.5 Å². The molecule has 2 amide bonds. The third kappa shape index (κ3) is 3.74. The van der Waals surface area contributed by atoms with Gasteiger partial charge in [0.2, 0.25) is 0 Å². The summed E-state index contributed by atoms with van der Waals surface area (Å²) in [4.78, 5) is 11.1. The number of nitrogens with two attached hydrogens (primary N) is 1. The summed E-state index contributed by atoms with van der Waals surface area (Å²) in [7, 11) is -2.73. The molecule has 7 nitrogen and oxygen atoms in total. The monoisotopic (exact) mass is 351 g/mol. The van der Waals surface area contributed by atoms with Gasteiger partial charge in [0.05, 0.1) is 7.11 Å². The quantitative estimate of drug-likeness (QED) is 0.702. The number of methoxy groups -OCH3 is 1. The second-order valence-electron chi connectivity index (χ2n) is 3.49. The van der Waals surface area contributed by atoms with Crippen LogP contribution < -0.4 is 20.5 Å². The van der Waals surface area contributed by atoms with Crippen molar-refractivity contribution in [3.63, 3.8) is 0 Å². The average molecular weight is 352 g/mol. The first kappa shape index (κ1) is 15.6. The minimum Gasteiger partial charge on any atom is -0.495 e. The number of rotatable bonds is 4. The van der Waals surface area contributed by atoms with Crippen molar-refractivity contribution < 1.29 is 17.9 Å². The molecule has 1 rings (SSSR count). The van der Waals surface area contributed by atoms with Crippen molar-refractivity contribution in [2.24, 2.45) is 0 Å². The van der Waals surface area contributed by atoms with Crippen LogP contribution in [0.3, 0.4) is 0 Å². The second kappa shape index (κ2) is 6.11. The zero-order valence-corrected chi connectivity index (χ0v) is 12.8. The second-order valence-corrected chi connectivity index (χ2v) is 5.99. The first-order valence-corrected chi connectivity index (χ1v) is 7.53. The van der Waals surface area contributed by atoms with Crippen molar-refractivity contribution in [3.8, 4) is 5.75 Å². The van der Waals surface area contributed by atoms with E-state index in [1.807, 2.05) is 4.72 Å². The number of benzene rings is 1. The van der Waals surface area contributed by atoms with E-state index < -0.39 is 16.1 Å². The normalized spacial score (nSPS) is 10.9. The van der Waals surface area contributed by atoms with Crippen LogP contribution in [0.25, 0.3) is 0 Å². The molecule has 0 atom stereocenters. The Bertz CT molecular complexity index is 589. The van der Waals surface area contributed by atoms with Crippen LogP contribution in [-0.2, 0) is 10.0 Å². The number of nitrogen functional groups attached to an aromatic ring is 1. The smallest absolute Gasteiger partial charge is 0.328 e. The van der Waals surface area contributed by atoms with Crippen LogP contribution in [0.1, 0.15) is 6.92 Å². The average Bonchev–Trinajstić information content (AvgIpc) is 2.31. The van der Waals surface area contributed by atoms with Gasteiger partial charge in [-0.1, -0.05) is 0 Å². The van der Waals surface area contributed by atoms with Gasteiger partial charge in [-0.25, -0.2) is 17.9 Å². The minimum atomic E-state index is -4.05. The fourth-order valence-corrected chi connectivity index (χ4v) is 2.73. The lowest BCUT2D eigenvalue weighted by Gasteiger charge is -2.12. The summed E-state index contributed by atoms with van der Waals surface area (Å²) in [6.07, 6.45) is 0. The highest BCUT2D eigenvalue weighted by Gasteiger charge is 2.23. The summed E-state index contributed by atoms with van der Waals surface area (Å²) in [6, 6.07) is 1.82. The van der Waals surface area contributed by atoms with Gasteiger partial charge >= 0.3 is 6.03 Å². The number of anilines is 1. The fourth-order valence-electron chi connectivity index (χ4n) is 1.29. The molecule has 0 saturated heterocycles. The zero-order chi connectivity index (χ0) is 14.6. The molecule has 0 bridgehead atoms. The van der Waals surface area contributed by atoms with Gasteiger partial charge in [0.1, 0.15) is 10.6 Å². The van der Waals surface area contributed by atoms with Gasteiger partial charge in [0.25, 0.3) is 10.0 Å². The summed E-state index contributed by atoms with van der Waals surface area (Å²) in [5.41, 5.74) is 5.85. The molecule has 0 aliphatic heterocycles. The Morgan fingerprint density at radius 3 is 2.63 bits per heavy atom. The van der Waals surface area contributed by atoms with Crippen molar-refractivity contribution >= 4 is 37.7 Å². The molecular formula is C10H14BrN3O4S. The Labute approximate surface area is 119 Å². The molecule has 19 heavy (non-hydrogen) atoms. The van der Waals surface area contributed by atoms with Gasteiger partial charge in [0.15, 0.2) is 0 Å². The molecule has 0 saturated carbocycles. The molecule has 0 unspecified atom stereocenters. The van der Waals surface area contributed by atoms with Gasteiger partial charge in [-0.3, -0.25) is 0 Å². The third-order valence-electron chi connectivity index (χ3n) is 2.14. The Kier molecular flexibility index (Phi) is 5.01. The molecule has 4 N–H and O–H groups in total. The van der Waals surface area contributed by atoms with Gasteiger partial charge in [-0.05, 0) is 35.0 Å². The number of nitrogens with one attached hydrogen (secondary N) is 2. The van der Waals surface area contributed by atoms with E-state index in [0.29, 0.717) is 11.0 Å². The van der Waals surface area contributed by atoms with E-state index in [9.17, 15) is 13.2 Å². The number of carbonyl (C=O) groups is 1. The van der Waals surface area contributed by atoms with Crippen LogP contribution in [0.4, 0.5) is 10.5 Å². The van der Waals surface area contributed by atoms with Crippen LogP contribution in [-0.4, -0.2) is 28.1 Å². The van der Waals surface area contributed by atoms with Crippen LogP contribution in [0.5, 0.6) is 5.75 Å². The maximum Gasteiger partial charge on any atom is 0.328 e. The predicted octanol–water partition coefficient (Wildman–Crippen LogP) is 1.05. The minimum absolute atomic E-state index is 0.0814. The summed E-state index contributed by atoms with van der Waals surface area (Å²) >= 11 is 3.16. The third-order valence-corrected chi connectivity index (χ3v) is 4.18. The number of sulfonamides is 1. The van der Waals surface area contributed by atoms with E-state index in [2.05, 4.69) is 21.2 Å². The first-order valence-electron chi connectivity index (χ1n) is 5.25. The van der Waals surface area contributed by atoms with E-state index in [-0.39, 0.29) is 16.3 Å². The largest absolute Gasteiger partial charge is 0.495 e. The van der Waals surface area contributed by atoms with E-state index in [1.54, 1.807) is 6.92 Å². The first-order chi connectivity index (χ1) is 8.81. The highest BCUT2D eigenvalue weighted by molar-refractivity contribution is 9.10. The molecule has 0 aliphatic carbocycles. The molecule has 1 aromatic carbocycles. The van der Waals surface area contributed by atoms with Crippen LogP contribution in [0.15, 0.2) is 21.5 Å². The van der Waals surface area contributed by atoms with Gasteiger partial charge in [-0.2, -0.15) is 0 Å². The summed E-state index contributed by atoms with van der Waals surface area (Å²) in [6.45, 7) is 1.98. The van der Waals surface area contributed by atoms with Crippen molar-refractivity contribution in [1.29, 1.82) is 0 Å². The lowest BCUT2D eigenvalue weighted by molar-refractivity contribution is 0.246. The standard InChI is InChI=1S/C10H14BrN3O4S/c1-3-13-10(15)14-19(16,17)9-5-7(12)6(11)4-8(9)18-2/h4-5H,3,12H2,1-2H3,(H2,13,14,15). The number of carbonyl (C=O) groups excluding carboxylic acids is 1. The fraction of sp³-hybridized carbons (Fsp3) is 0.300. The number of halogens is 1. The molecule has 0 aliphatic rings. The summed E-state index contributed by atoms with van der Waals surface area (Å²) < 4.78 is 31.4. The predicted molar refractivity (Wildman–Crippen MR) is 74.5 cm³/mol. The number of ether oxygens (including phenoxy) is 1. The molecule has 106 valence electrons. The highest BCUT2D eigenvalue weighted by atomic mass is 79.9. The van der Waals surface area contributed by atoms with Crippen molar-refractivity contribution in [2.45, 2.75) is 11.8 Å². The molecule has 0 radical (unpaired) electrons. The van der Waals surface area contributed by atoms with Gasteiger partial charge in [0, 0.05) is 16.7 Å². The summed E-state index contributed by atoms with van der Waals surface area (Å²) in [5.74, 6) is 0.0814. The van der Waals surface area contributed by atoms with Crippen LogP contribution >= 0.6 is 15.9 Å². The van der Waals surface area contributed by atoms with Gasteiger partial charge < -0.3 is 15.8 Å². The molecule has 0 aromatic heterocycles. The zero-order valence-electron chi connectivity index (χ0n) is 10.4. The van der Waals surface area contributed by atoms with E-state index in [0.717, 1.165) is 0 Å². The maximum absolute atomic E-state index is 12.0. The van der Waals surface area contributed by atoms with Crippen molar-refractivity contribution in [1.82, 2.24) is 10.0 Å². The van der Waals surface area contributed by atoms with Crippen LogP contribution in [0, 0.1) is 0 Å². The molecule has 9 heteroatoms. The topological polar surface area (TPSA) is 111 Å². The van der Waals surface area contributed by atoms with Gasteiger partial charge in [-0.15, -0.1) is 0 Å². The van der Waals surface area contributed by atoms with E-state index in [1.165, 1.54) is 19.2 Å². The number of hydrogen-bond acceptors (Lipinski definition) is 5.